The van der Waals surface area contributed by atoms with Gasteiger partial charge in [-0.3, -0.25) is 4.79 Å². The molecule has 3 aliphatic rings. The number of thioether (sulfide) groups is 1. The SMILES string of the molecule is C=CCOC(=O)C1=C(C)N=C2SC=C(CC(=O)N(C)C3CCCCC3)N2[C@@H]1c1ccc(C(C)C)cc1. The van der Waals surface area contributed by atoms with Crippen LogP contribution in [-0.2, 0) is 14.3 Å². The molecule has 0 saturated heterocycles. The highest BCUT2D eigenvalue weighted by atomic mass is 32.2. The third-order valence-corrected chi connectivity index (χ3v) is 8.21. The van der Waals surface area contributed by atoms with Crippen molar-refractivity contribution < 1.29 is 14.3 Å². The van der Waals surface area contributed by atoms with E-state index in [2.05, 4.69) is 49.6 Å². The summed E-state index contributed by atoms with van der Waals surface area (Å²) in [4.78, 5) is 35.3. The number of esters is 1. The first-order chi connectivity index (χ1) is 17.3. The zero-order valence-electron chi connectivity index (χ0n) is 21.8. The third kappa shape index (κ3) is 5.46. The number of fused-ring (bicyclic) bond motifs is 1. The van der Waals surface area contributed by atoms with Gasteiger partial charge in [0.05, 0.1) is 23.7 Å². The van der Waals surface area contributed by atoms with Crippen molar-refractivity contribution in [1.82, 2.24) is 9.80 Å². The average Bonchev–Trinajstić information content (AvgIpc) is 3.28. The summed E-state index contributed by atoms with van der Waals surface area (Å²) in [5.41, 5.74) is 4.21. The Labute approximate surface area is 219 Å². The Bertz CT molecular complexity index is 1100. The van der Waals surface area contributed by atoms with Gasteiger partial charge < -0.3 is 14.5 Å². The first-order valence-corrected chi connectivity index (χ1v) is 13.8. The molecule has 7 heteroatoms. The number of allylic oxidation sites excluding steroid dienone is 1. The molecule has 0 radical (unpaired) electrons. The highest BCUT2D eigenvalue weighted by molar-refractivity contribution is 8.16. The number of aliphatic imine (C=N–C) groups is 1. The maximum Gasteiger partial charge on any atom is 0.338 e. The quantitative estimate of drug-likeness (QED) is 0.305. The first-order valence-electron chi connectivity index (χ1n) is 12.9. The van der Waals surface area contributed by atoms with Crippen molar-refractivity contribution >= 4 is 28.8 Å². The second-order valence-corrected chi connectivity index (χ2v) is 10.9. The van der Waals surface area contributed by atoms with Gasteiger partial charge in [-0.1, -0.05) is 81.8 Å². The van der Waals surface area contributed by atoms with E-state index in [0.717, 1.165) is 29.3 Å². The van der Waals surface area contributed by atoms with Crippen molar-refractivity contribution in [3.05, 3.63) is 70.4 Å². The van der Waals surface area contributed by atoms with E-state index < -0.39 is 12.0 Å². The molecule has 1 fully saturated rings. The lowest BCUT2D eigenvalue weighted by molar-refractivity contribution is -0.138. The number of amidine groups is 1. The molecule has 4 rings (SSSR count). The number of carbonyl (C=O) groups is 2. The van der Waals surface area contributed by atoms with Crippen LogP contribution in [0.1, 0.15) is 82.4 Å². The molecule has 2 heterocycles. The van der Waals surface area contributed by atoms with Crippen LogP contribution >= 0.6 is 11.8 Å². The summed E-state index contributed by atoms with van der Waals surface area (Å²) in [6.45, 7) is 9.97. The average molecular weight is 508 g/mol. The topological polar surface area (TPSA) is 62.2 Å². The number of nitrogens with zero attached hydrogens (tertiary/aromatic N) is 3. The fourth-order valence-electron chi connectivity index (χ4n) is 5.17. The smallest absolute Gasteiger partial charge is 0.338 e. The molecule has 0 aromatic heterocycles. The van der Waals surface area contributed by atoms with E-state index in [1.54, 1.807) is 6.08 Å². The monoisotopic (exact) mass is 507 g/mol. The fourth-order valence-corrected chi connectivity index (χ4v) is 6.14. The van der Waals surface area contributed by atoms with Crippen LogP contribution in [0.5, 0.6) is 0 Å². The lowest BCUT2D eigenvalue weighted by Gasteiger charge is -2.37. The van der Waals surface area contributed by atoms with E-state index in [0.29, 0.717) is 23.2 Å². The van der Waals surface area contributed by atoms with Gasteiger partial charge in [0.2, 0.25) is 5.91 Å². The molecule has 6 nitrogen and oxygen atoms in total. The summed E-state index contributed by atoms with van der Waals surface area (Å²) in [5, 5.41) is 2.79. The Kier molecular flexibility index (Phi) is 8.39. The summed E-state index contributed by atoms with van der Waals surface area (Å²) in [7, 11) is 1.93. The summed E-state index contributed by atoms with van der Waals surface area (Å²) >= 11 is 1.51. The van der Waals surface area contributed by atoms with Crippen LogP contribution in [0.4, 0.5) is 0 Å². The van der Waals surface area contributed by atoms with E-state index in [1.807, 2.05) is 24.3 Å². The second-order valence-electron chi connectivity index (χ2n) is 10.1. The molecule has 0 bridgehead atoms. The van der Waals surface area contributed by atoms with Gasteiger partial charge in [-0.15, -0.1) is 0 Å². The van der Waals surface area contributed by atoms with Gasteiger partial charge in [-0.2, -0.15) is 0 Å². The molecule has 0 unspecified atom stereocenters. The first kappa shape index (κ1) is 26.3. The molecule has 192 valence electrons. The van der Waals surface area contributed by atoms with Crippen molar-refractivity contribution in [2.24, 2.45) is 4.99 Å². The fraction of sp³-hybridized carbons (Fsp3) is 0.483. The van der Waals surface area contributed by atoms with Crippen LogP contribution in [0.3, 0.4) is 0 Å². The minimum atomic E-state index is -0.412. The minimum absolute atomic E-state index is 0.103. The molecular formula is C29H37N3O3S. The zero-order valence-corrected chi connectivity index (χ0v) is 22.6. The normalized spacial score (nSPS) is 20.1. The number of benzene rings is 1. The van der Waals surface area contributed by atoms with Crippen molar-refractivity contribution in [2.75, 3.05) is 13.7 Å². The number of hydrogen-bond acceptors (Lipinski definition) is 6. The molecule has 1 aromatic carbocycles. The molecule has 2 aliphatic heterocycles. The van der Waals surface area contributed by atoms with E-state index in [-0.39, 0.29) is 18.9 Å². The third-order valence-electron chi connectivity index (χ3n) is 7.32. The minimum Gasteiger partial charge on any atom is -0.458 e. The van der Waals surface area contributed by atoms with Crippen LogP contribution in [0.25, 0.3) is 0 Å². The Morgan fingerprint density at radius 3 is 2.56 bits per heavy atom. The summed E-state index contributed by atoms with van der Waals surface area (Å²) in [5.74, 6) is 0.101. The lowest BCUT2D eigenvalue weighted by Crippen LogP contribution is -2.41. The van der Waals surface area contributed by atoms with Gasteiger partial charge in [-0.05, 0) is 42.2 Å². The summed E-state index contributed by atoms with van der Waals surface area (Å²) in [6.07, 6.45) is 7.58. The molecule has 1 atom stereocenters. The van der Waals surface area contributed by atoms with Crippen LogP contribution in [0.2, 0.25) is 0 Å². The highest BCUT2D eigenvalue weighted by Gasteiger charge is 2.41. The Balaban J connectivity index is 1.66. The molecule has 1 aromatic rings. The maximum atomic E-state index is 13.4. The predicted molar refractivity (Wildman–Crippen MR) is 146 cm³/mol. The number of carbonyl (C=O) groups excluding carboxylic acids is 2. The second kappa shape index (κ2) is 11.5. The molecule has 1 aliphatic carbocycles. The Morgan fingerprint density at radius 1 is 1.22 bits per heavy atom. The van der Waals surface area contributed by atoms with Crippen LogP contribution in [0.15, 0.2) is 64.3 Å². The predicted octanol–water partition coefficient (Wildman–Crippen LogP) is 6.30. The van der Waals surface area contributed by atoms with Gasteiger partial charge in [-0.25, -0.2) is 9.79 Å². The summed E-state index contributed by atoms with van der Waals surface area (Å²) < 4.78 is 5.48. The van der Waals surface area contributed by atoms with E-state index in [1.165, 1.54) is 36.6 Å². The number of rotatable bonds is 8. The van der Waals surface area contributed by atoms with E-state index in [4.69, 9.17) is 9.73 Å². The van der Waals surface area contributed by atoms with Crippen molar-refractivity contribution in [3.63, 3.8) is 0 Å². The standard InChI is InChI=1S/C29H37N3O3S/c1-6-16-35-28(34)26-20(4)30-29-32(27(26)22-14-12-21(13-15-22)19(2)3)24(18-36-29)17-25(33)31(5)23-10-8-7-9-11-23/h6,12-15,18-19,23,27H,1,7-11,16-17H2,2-5H3/t27-/m1/s1. The number of hydrogen-bond donors (Lipinski definition) is 0. The zero-order chi connectivity index (χ0) is 25.8. The van der Waals surface area contributed by atoms with Crippen molar-refractivity contribution in [3.8, 4) is 0 Å². The Morgan fingerprint density at radius 2 is 1.92 bits per heavy atom. The van der Waals surface area contributed by atoms with Crippen molar-refractivity contribution in [1.29, 1.82) is 0 Å². The van der Waals surface area contributed by atoms with Crippen LogP contribution in [-0.4, -0.2) is 46.5 Å². The summed E-state index contributed by atoms with van der Waals surface area (Å²) in [6, 6.07) is 8.28. The molecule has 36 heavy (non-hydrogen) atoms. The van der Waals surface area contributed by atoms with Crippen molar-refractivity contribution in [2.45, 2.75) is 77.3 Å². The van der Waals surface area contributed by atoms with E-state index in [9.17, 15) is 9.59 Å². The molecule has 0 spiro atoms. The van der Waals surface area contributed by atoms with Gasteiger partial charge in [0, 0.05) is 18.8 Å². The highest BCUT2D eigenvalue weighted by Crippen LogP contribution is 2.45. The number of ether oxygens (including phenoxy) is 1. The molecule has 1 saturated carbocycles. The van der Waals surface area contributed by atoms with Gasteiger partial charge >= 0.3 is 5.97 Å². The van der Waals surface area contributed by atoms with E-state index >= 15 is 0 Å². The molecule has 1 amide bonds. The van der Waals surface area contributed by atoms with Gasteiger partial charge in [0.1, 0.15) is 6.61 Å². The molecular weight excluding hydrogens is 470 g/mol. The van der Waals surface area contributed by atoms with Crippen LogP contribution < -0.4 is 0 Å². The van der Waals surface area contributed by atoms with Gasteiger partial charge in [0.15, 0.2) is 5.17 Å². The number of amides is 1. The Hall–Kier alpha value is -2.80. The van der Waals surface area contributed by atoms with Crippen LogP contribution in [0, 0.1) is 0 Å². The molecule has 0 N–H and O–H groups in total. The van der Waals surface area contributed by atoms with Gasteiger partial charge in [0.25, 0.3) is 0 Å². The largest absolute Gasteiger partial charge is 0.458 e. The maximum absolute atomic E-state index is 13.4. The lowest BCUT2D eigenvalue weighted by atomic mass is 9.91.